The number of methoxy groups -OCH3 is 2. The van der Waals surface area contributed by atoms with Gasteiger partial charge < -0.3 is 19.7 Å². The van der Waals surface area contributed by atoms with E-state index in [1.807, 2.05) is 13.0 Å². The Morgan fingerprint density at radius 3 is 2.27 bits per heavy atom. The number of aromatic nitrogens is 2. The van der Waals surface area contributed by atoms with Crippen LogP contribution in [0.1, 0.15) is 18.7 Å². The van der Waals surface area contributed by atoms with Gasteiger partial charge in [0, 0.05) is 36.6 Å². The van der Waals surface area contributed by atoms with Crippen molar-refractivity contribution in [1.29, 1.82) is 0 Å². The number of nitrogens with zero attached hydrogens (tertiary/aromatic N) is 3. The second-order valence-electron chi connectivity index (χ2n) is 7.68. The molecule has 174 valence electrons. The number of anilines is 4. The van der Waals surface area contributed by atoms with E-state index in [0.29, 0.717) is 23.1 Å². The molecule has 1 aliphatic heterocycles. The van der Waals surface area contributed by atoms with Gasteiger partial charge in [-0.3, -0.25) is 4.72 Å². The lowest BCUT2D eigenvalue weighted by atomic mass is 10.3. The Morgan fingerprint density at radius 2 is 1.61 bits per heavy atom. The molecule has 0 spiro atoms. The van der Waals surface area contributed by atoms with Crippen LogP contribution in [0.4, 0.5) is 23.0 Å². The molecule has 2 aromatic carbocycles. The van der Waals surface area contributed by atoms with E-state index >= 15 is 0 Å². The summed E-state index contributed by atoms with van der Waals surface area (Å²) >= 11 is 0. The Morgan fingerprint density at radius 1 is 0.909 bits per heavy atom. The van der Waals surface area contributed by atoms with Crippen molar-refractivity contribution in [2.45, 2.75) is 24.7 Å². The minimum atomic E-state index is -3.88. The minimum Gasteiger partial charge on any atom is -0.497 e. The zero-order valence-electron chi connectivity index (χ0n) is 18.8. The first-order valence-corrected chi connectivity index (χ1v) is 12.1. The van der Waals surface area contributed by atoms with E-state index < -0.39 is 10.0 Å². The first-order chi connectivity index (χ1) is 15.9. The number of aryl methyl sites for hydroxylation is 1. The number of nitrogens with one attached hydrogen (secondary N) is 2. The summed E-state index contributed by atoms with van der Waals surface area (Å²) < 4.78 is 38.8. The van der Waals surface area contributed by atoms with Gasteiger partial charge in [-0.05, 0) is 56.2 Å². The fourth-order valence-corrected chi connectivity index (χ4v) is 4.94. The highest BCUT2D eigenvalue weighted by molar-refractivity contribution is 7.92. The lowest BCUT2D eigenvalue weighted by Gasteiger charge is -2.18. The molecule has 0 atom stereocenters. The molecule has 2 heterocycles. The highest BCUT2D eigenvalue weighted by Crippen LogP contribution is 2.30. The summed E-state index contributed by atoms with van der Waals surface area (Å²) in [6.45, 7) is 3.88. The first kappa shape index (κ1) is 22.7. The van der Waals surface area contributed by atoms with Gasteiger partial charge in [0.2, 0.25) is 0 Å². The summed E-state index contributed by atoms with van der Waals surface area (Å²) in [5.41, 5.74) is 1.20. The molecule has 1 saturated heterocycles. The minimum absolute atomic E-state index is 0.00236. The average Bonchev–Trinajstić information content (AvgIpc) is 3.34. The molecule has 0 aliphatic carbocycles. The van der Waals surface area contributed by atoms with Crippen molar-refractivity contribution in [3.63, 3.8) is 0 Å². The van der Waals surface area contributed by atoms with Crippen LogP contribution in [0.15, 0.2) is 53.4 Å². The predicted molar refractivity (Wildman–Crippen MR) is 128 cm³/mol. The van der Waals surface area contributed by atoms with E-state index in [1.54, 1.807) is 36.4 Å². The van der Waals surface area contributed by atoms with Crippen molar-refractivity contribution in [3.8, 4) is 11.5 Å². The quantitative estimate of drug-likeness (QED) is 0.511. The Labute approximate surface area is 193 Å². The van der Waals surface area contributed by atoms with Gasteiger partial charge in [-0.25, -0.2) is 18.4 Å². The van der Waals surface area contributed by atoms with Crippen molar-refractivity contribution in [3.05, 3.63) is 54.4 Å². The summed E-state index contributed by atoms with van der Waals surface area (Å²) in [5, 5.41) is 3.27. The van der Waals surface area contributed by atoms with Crippen LogP contribution in [0, 0.1) is 6.92 Å². The molecule has 0 bridgehead atoms. The Bertz CT molecular complexity index is 1230. The van der Waals surface area contributed by atoms with Crippen molar-refractivity contribution >= 4 is 33.0 Å². The Balaban J connectivity index is 1.50. The molecule has 9 nitrogen and oxygen atoms in total. The maximum absolute atomic E-state index is 12.9. The molecule has 0 amide bonds. The molecule has 2 N–H and O–H groups in total. The van der Waals surface area contributed by atoms with E-state index in [9.17, 15) is 8.42 Å². The normalized spacial score (nSPS) is 13.6. The summed E-state index contributed by atoms with van der Waals surface area (Å²) in [6, 6.07) is 13.5. The topological polar surface area (TPSA) is 106 Å². The number of hydrogen-bond acceptors (Lipinski definition) is 8. The zero-order chi connectivity index (χ0) is 23.4. The third-order valence-corrected chi connectivity index (χ3v) is 6.73. The molecule has 3 aromatic rings. The molecule has 0 saturated carbocycles. The van der Waals surface area contributed by atoms with Crippen molar-refractivity contribution in [2.24, 2.45) is 0 Å². The number of sulfonamides is 1. The van der Waals surface area contributed by atoms with Crippen LogP contribution in [0.2, 0.25) is 0 Å². The third-order valence-electron chi connectivity index (χ3n) is 5.32. The van der Waals surface area contributed by atoms with E-state index in [0.717, 1.165) is 24.6 Å². The maximum Gasteiger partial charge on any atom is 0.265 e. The second-order valence-corrected chi connectivity index (χ2v) is 9.33. The van der Waals surface area contributed by atoms with E-state index in [4.69, 9.17) is 9.47 Å². The largest absolute Gasteiger partial charge is 0.497 e. The van der Waals surface area contributed by atoms with Crippen molar-refractivity contribution < 1.29 is 17.9 Å². The Hall–Kier alpha value is -3.53. The number of hydrogen-bond donors (Lipinski definition) is 2. The highest BCUT2D eigenvalue weighted by Gasteiger charge is 2.21. The monoisotopic (exact) mass is 469 g/mol. The Kier molecular flexibility index (Phi) is 6.55. The number of benzene rings is 2. The molecule has 4 rings (SSSR count). The SMILES string of the molecule is COc1ccc(OC)c(S(=O)(=O)Nc2ccc(Nc3cc(N4CCCC4)nc(C)n3)cc2)c1. The number of rotatable bonds is 8. The van der Waals surface area contributed by atoms with Gasteiger partial charge in [0.1, 0.15) is 33.9 Å². The predicted octanol–water partition coefficient (Wildman–Crippen LogP) is 3.95. The van der Waals surface area contributed by atoms with Gasteiger partial charge in [-0.2, -0.15) is 0 Å². The van der Waals surface area contributed by atoms with E-state index in [-0.39, 0.29) is 10.6 Å². The van der Waals surface area contributed by atoms with E-state index in [1.165, 1.54) is 33.1 Å². The maximum atomic E-state index is 12.9. The third kappa shape index (κ3) is 5.28. The molecular formula is C23H27N5O4S. The van der Waals surface area contributed by atoms with Crippen LogP contribution in [-0.4, -0.2) is 45.7 Å². The van der Waals surface area contributed by atoms with Crippen LogP contribution < -0.4 is 24.4 Å². The summed E-state index contributed by atoms with van der Waals surface area (Å²) in [7, 11) is -0.984. The summed E-state index contributed by atoms with van der Waals surface area (Å²) in [6.07, 6.45) is 2.34. The molecule has 1 aromatic heterocycles. The molecular weight excluding hydrogens is 442 g/mol. The second kappa shape index (κ2) is 9.53. The van der Waals surface area contributed by atoms with Crippen molar-refractivity contribution in [2.75, 3.05) is 42.2 Å². The lowest BCUT2D eigenvalue weighted by Crippen LogP contribution is -2.19. The van der Waals surface area contributed by atoms with Crippen LogP contribution in [0.3, 0.4) is 0 Å². The zero-order valence-corrected chi connectivity index (χ0v) is 19.6. The van der Waals surface area contributed by atoms with Crippen molar-refractivity contribution in [1.82, 2.24) is 9.97 Å². The van der Waals surface area contributed by atoms with E-state index in [2.05, 4.69) is 24.9 Å². The molecule has 0 unspecified atom stereocenters. The van der Waals surface area contributed by atoms with Gasteiger partial charge in [0.15, 0.2) is 0 Å². The fraction of sp³-hybridized carbons (Fsp3) is 0.304. The van der Waals surface area contributed by atoms with Gasteiger partial charge >= 0.3 is 0 Å². The van der Waals surface area contributed by atoms with Crippen LogP contribution in [0.5, 0.6) is 11.5 Å². The van der Waals surface area contributed by atoms with Crippen LogP contribution >= 0.6 is 0 Å². The fourth-order valence-electron chi connectivity index (χ4n) is 3.70. The standard InChI is InChI=1S/C23H27N5O4S/c1-16-24-22(15-23(25-16)28-12-4-5-13-28)26-17-6-8-18(9-7-17)27-33(29,30)21-14-19(31-2)10-11-20(21)32-3/h6-11,14-15,27H,4-5,12-13H2,1-3H3,(H,24,25,26). The van der Waals surface area contributed by atoms with Gasteiger partial charge in [-0.15, -0.1) is 0 Å². The highest BCUT2D eigenvalue weighted by atomic mass is 32.2. The van der Waals surface area contributed by atoms with Crippen LogP contribution in [0.25, 0.3) is 0 Å². The average molecular weight is 470 g/mol. The molecule has 33 heavy (non-hydrogen) atoms. The number of ether oxygens (including phenoxy) is 2. The van der Waals surface area contributed by atoms with Crippen LogP contribution in [-0.2, 0) is 10.0 Å². The van der Waals surface area contributed by atoms with Gasteiger partial charge in [0.25, 0.3) is 10.0 Å². The van der Waals surface area contributed by atoms with Gasteiger partial charge in [-0.1, -0.05) is 0 Å². The summed E-state index contributed by atoms with van der Waals surface area (Å²) in [5.74, 6) is 2.95. The smallest absolute Gasteiger partial charge is 0.265 e. The van der Waals surface area contributed by atoms with Gasteiger partial charge in [0.05, 0.1) is 14.2 Å². The molecule has 1 aliphatic rings. The summed E-state index contributed by atoms with van der Waals surface area (Å²) in [4.78, 5) is 11.3. The molecule has 0 radical (unpaired) electrons. The molecule has 10 heteroatoms. The molecule has 1 fully saturated rings. The first-order valence-electron chi connectivity index (χ1n) is 10.6. The lowest BCUT2D eigenvalue weighted by molar-refractivity contribution is 0.392.